The van der Waals surface area contributed by atoms with Gasteiger partial charge >= 0.3 is 0 Å². The number of benzene rings is 1. The predicted octanol–water partition coefficient (Wildman–Crippen LogP) is 3.67. The van der Waals surface area contributed by atoms with E-state index in [9.17, 15) is 4.39 Å². The number of ether oxygens (including phenoxy) is 1. The van der Waals surface area contributed by atoms with Gasteiger partial charge in [0.2, 0.25) is 0 Å². The highest BCUT2D eigenvalue weighted by molar-refractivity contribution is 9.10. The SMILES string of the molecule is COCCCCNC(C)c1cc(Br)ccc1F. The predicted molar refractivity (Wildman–Crippen MR) is 71.6 cm³/mol. The van der Waals surface area contributed by atoms with Gasteiger partial charge in [0.05, 0.1) is 0 Å². The third-order valence-corrected chi connectivity index (χ3v) is 3.14. The van der Waals surface area contributed by atoms with Crippen molar-refractivity contribution < 1.29 is 9.13 Å². The maximum absolute atomic E-state index is 13.6. The molecule has 96 valence electrons. The summed E-state index contributed by atoms with van der Waals surface area (Å²) >= 11 is 3.36. The zero-order valence-electron chi connectivity index (χ0n) is 10.3. The van der Waals surface area contributed by atoms with E-state index in [2.05, 4.69) is 21.2 Å². The van der Waals surface area contributed by atoms with E-state index in [0.29, 0.717) is 5.56 Å². The van der Waals surface area contributed by atoms with Gasteiger partial charge in [-0.1, -0.05) is 15.9 Å². The molecule has 0 saturated carbocycles. The van der Waals surface area contributed by atoms with E-state index in [4.69, 9.17) is 4.74 Å². The number of unbranched alkanes of at least 4 members (excludes halogenated alkanes) is 1. The Morgan fingerprint density at radius 3 is 2.88 bits per heavy atom. The van der Waals surface area contributed by atoms with Crippen LogP contribution >= 0.6 is 15.9 Å². The van der Waals surface area contributed by atoms with Crippen molar-refractivity contribution in [2.45, 2.75) is 25.8 Å². The minimum absolute atomic E-state index is 0.0232. The molecule has 0 heterocycles. The van der Waals surface area contributed by atoms with E-state index in [1.54, 1.807) is 13.2 Å². The lowest BCUT2D eigenvalue weighted by Gasteiger charge is -2.15. The molecule has 1 aromatic carbocycles. The molecular weight excluding hydrogens is 285 g/mol. The molecule has 4 heteroatoms. The van der Waals surface area contributed by atoms with Crippen molar-refractivity contribution in [2.24, 2.45) is 0 Å². The lowest BCUT2D eigenvalue weighted by molar-refractivity contribution is 0.192. The number of nitrogens with one attached hydrogen (secondary N) is 1. The Morgan fingerprint density at radius 1 is 1.41 bits per heavy atom. The van der Waals surface area contributed by atoms with E-state index in [1.807, 2.05) is 13.0 Å². The van der Waals surface area contributed by atoms with E-state index < -0.39 is 0 Å². The van der Waals surface area contributed by atoms with E-state index >= 15 is 0 Å². The number of hydrogen-bond acceptors (Lipinski definition) is 2. The zero-order chi connectivity index (χ0) is 12.7. The Hall–Kier alpha value is -0.450. The molecule has 0 aliphatic rings. The Labute approximate surface area is 111 Å². The summed E-state index contributed by atoms with van der Waals surface area (Å²) in [6.45, 7) is 3.62. The van der Waals surface area contributed by atoms with Crippen LogP contribution in [0.4, 0.5) is 4.39 Å². The third-order valence-electron chi connectivity index (χ3n) is 2.65. The summed E-state index contributed by atoms with van der Waals surface area (Å²) < 4.78 is 19.4. The summed E-state index contributed by atoms with van der Waals surface area (Å²) in [5.41, 5.74) is 0.700. The molecule has 0 spiro atoms. The van der Waals surface area contributed by atoms with Gasteiger partial charge < -0.3 is 10.1 Å². The van der Waals surface area contributed by atoms with Crippen LogP contribution in [-0.2, 0) is 4.74 Å². The average Bonchev–Trinajstić information content (AvgIpc) is 2.32. The fraction of sp³-hybridized carbons (Fsp3) is 0.538. The van der Waals surface area contributed by atoms with Crippen molar-refractivity contribution >= 4 is 15.9 Å². The molecule has 17 heavy (non-hydrogen) atoms. The summed E-state index contributed by atoms with van der Waals surface area (Å²) in [5, 5.41) is 3.31. The maximum atomic E-state index is 13.6. The molecule has 0 aliphatic carbocycles. The van der Waals surface area contributed by atoms with Gasteiger partial charge in [0, 0.05) is 29.8 Å². The summed E-state index contributed by atoms with van der Waals surface area (Å²) in [6.07, 6.45) is 2.06. The van der Waals surface area contributed by atoms with Crippen LogP contribution < -0.4 is 5.32 Å². The van der Waals surface area contributed by atoms with Crippen molar-refractivity contribution in [1.82, 2.24) is 5.32 Å². The highest BCUT2D eigenvalue weighted by Gasteiger charge is 2.10. The van der Waals surface area contributed by atoms with Gasteiger partial charge in [-0.05, 0) is 44.5 Å². The molecular formula is C13H19BrFNO. The monoisotopic (exact) mass is 303 g/mol. The zero-order valence-corrected chi connectivity index (χ0v) is 11.9. The van der Waals surface area contributed by atoms with Crippen LogP contribution in [0.2, 0.25) is 0 Å². The lowest BCUT2D eigenvalue weighted by atomic mass is 10.1. The lowest BCUT2D eigenvalue weighted by Crippen LogP contribution is -2.21. The smallest absolute Gasteiger partial charge is 0.128 e. The van der Waals surface area contributed by atoms with Gasteiger partial charge in [-0.2, -0.15) is 0 Å². The second kappa shape index (κ2) is 7.80. The van der Waals surface area contributed by atoms with Crippen LogP contribution in [0, 0.1) is 5.82 Å². The minimum Gasteiger partial charge on any atom is -0.385 e. The number of rotatable bonds is 7. The molecule has 0 aliphatic heterocycles. The molecule has 0 bridgehead atoms. The molecule has 0 aromatic heterocycles. The fourth-order valence-electron chi connectivity index (χ4n) is 1.65. The number of hydrogen-bond donors (Lipinski definition) is 1. The summed E-state index contributed by atoms with van der Waals surface area (Å²) in [6, 6.07) is 5.05. The van der Waals surface area contributed by atoms with Gasteiger partial charge in [-0.15, -0.1) is 0 Å². The van der Waals surface area contributed by atoms with E-state index in [0.717, 1.165) is 30.5 Å². The van der Waals surface area contributed by atoms with Crippen molar-refractivity contribution in [3.05, 3.63) is 34.1 Å². The summed E-state index contributed by atoms with van der Waals surface area (Å²) in [7, 11) is 1.70. The fourth-order valence-corrected chi connectivity index (χ4v) is 2.03. The molecule has 1 unspecified atom stereocenters. The Bertz CT molecular complexity index is 346. The first-order valence-electron chi connectivity index (χ1n) is 5.82. The van der Waals surface area contributed by atoms with Crippen LogP contribution in [0.3, 0.4) is 0 Å². The van der Waals surface area contributed by atoms with E-state index in [-0.39, 0.29) is 11.9 Å². The Balaban J connectivity index is 2.41. The first kappa shape index (κ1) is 14.6. The van der Waals surface area contributed by atoms with Gasteiger partial charge in [-0.25, -0.2) is 4.39 Å². The van der Waals surface area contributed by atoms with Crippen LogP contribution in [-0.4, -0.2) is 20.3 Å². The van der Waals surface area contributed by atoms with Gasteiger partial charge in [0.25, 0.3) is 0 Å². The normalized spacial score (nSPS) is 12.7. The Morgan fingerprint density at radius 2 is 2.18 bits per heavy atom. The van der Waals surface area contributed by atoms with Crippen molar-refractivity contribution in [3.8, 4) is 0 Å². The van der Waals surface area contributed by atoms with Crippen LogP contribution in [0.5, 0.6) is 0 Å². The maximum Gasteiger partial charge on any atom is 0.128 e. The molecule has 0 saturated heterocycles. The molecule has 1 N–H and O–H groups in total. The topological polar surface area (TPSA) is 21.3 Å². The molecule has 1 atom stereocenters. The minimum atomic E-state index is -0.162. The van der Waals surface area contributed by atoms with E-state index in [1.165, 1.54) is 6.07 Å². The highest BCUT2D eigenvalue weighted by atomic mass is 79.9. The molecule has 2 nitrogen and oxygen atoms in total. The molecule has 0 fully saturated rings. The first-order valence-corrected chi connectivity index (χ1v) is 6.61. The van der Waals surface area contributed by atoms with Gasteiger partial charge in [0.1, 0.15) is 5.82 Å². The third kappa shape index (κ3) is 5.15. The second-order valence-corrected chi connectivity index (χ2v) is 4.96. The Kier molecular flexibility index (Phi) is 6.70. The number of methoxy groups -OCH3 is 1. The highest BCUT2D eigenvalue weighted by Crippen LogP contribution is 2.21. The average molecular weight is 304 g/mol. The molecule has 0 radical (unpaired) electrons. The van der Waals surface area contributed by atoms with Crippen molar-refractivity contribution in [3.63, 3.8) is 0 Å². The summed E-state index contributed by atoms with van der Waals surface area (Å²) in [5.74, 6) is -0.162. The first-order chi connectivity index (χ1) is 8.15. The number of halogens is 2. The second-order valence-electron chi connectivity index (χ2n) is 4.04. The van der Waals surface area contributed by atoms with Crippen LogP contribution in [0.25, 0.3) is 0 Å². The summed E-state index contributed by atoms with van der Waals surface area (Å²) in [4.78, 5) is 0. The van der Waals surface area contributed by atoms with Gasteiger partial charge in [0.15, 0.2) is 0 Å². The van der Waals surface area contributed by atoms with Crippen LogP contribution in [0.1, 0.15) is 31.4 Å². The quantitative estimate of drug-likeness (QED) is 0.776. The van der Waals surface area contributed by atoms with Crippen LogP contribution in [0.15, 0.2) is 22.7 Å². The van der Waals surface area contributed by atoms with Gasteiger partial charge in [-0.3, -0.25) is 0 Å². The largest absolute Gasteiger partial charge is 0.385 e. The molecule has 0 amide bonds. The molecule has 1 rings (SSSR count). The van der Waals surface area contributed by atoms with Crippen molar-refractivity contribution in [1.29, 1.82) is 0 Å². The standard InChI is InChI=1S/C13H19BrFNO/c1-10(16-7-3-4-8-17-2)12-9-11(14)5-6-13(12)15/h5-6,9-10,16H,3-4,7-8H2,1-2H3. The van der Waals surface area contributed by atoms with Crippen molar-refractivity contribution in [2.75, 3.05) is 20.3 Å². The molecule has 1 aromatic rings.